The van der Waals surface area contributed by atoms with Gasteiger partial charge in [-0.1, -0.05) is 0 Å². The van der Waals surface area contributed by atoms with Gasteiger partial charge in [-0.2, -0.15) is 20.2 Å². The number of nitrogens with two attached hydrogens (primary N) is 1. The molecule has 0 saturated heterocycles. The van der Waals surface area contributed by atoms with Crippen molar-refractivity contribution in [2.45, 2.75) is 6.92 Å². The fraction of sp³-hybridized carbons (Fsp3) is 0.167. The van der Waals surface area contributed by atoms with Crippen LogP contribution in [0.4, 0.5) is 22.0 Å². The quantitative estimate of drug-likeness (QED) is 0.871. The molecule has 1 aromatic carbocycles. The minimum atomic E-state index is -0.594. The number of anilines is 3. The van der Waals surface area contributed by atoms with Crippen LogP contribution < -0.4 is 15.8 Å². The van der Waals surface area contributed by atoms with Gasteiger partial charge >= 0.3 is 6.01 Å². The molecule has 1 aromatic heterocycles. The summed E-state index contributed by atoms with van der Waals surface area (Å²) in [6, 6.07) is 5.81. The Bertz CT molecular complexity index is 669. The molecule has 0 amide bonds. The van der Waals surface area contributed by atoms with Gasteiger partial charge in [0.05, 0.1) is 12.2 Å². The highest BCUT2D eigenvalue weighted by Gasteiger charge is 2.07. The fourth-order valence-corrected chi connectivity index (χ4v) is 1.44. The minimum Gasteiger partial charge on any atom is -0.464 e. The Kier molecular flexibility index (Phi) is 3.91. The van der Waals surface area contributed by atoms with Crippen molar-refractivity contribution in [1.82, 2.24) is 15.0 Å². The van der Waals surface area contributed by atoms with Crippen molar-refractivity contribution in [2.24, 2.45) is 0 Å². The highest BCUT2D eigenvalue weighted by atomic mass is 19.1. The Morgan fingerprint density at radius 3 is 2.90 bits per heavy atom. The molecule has 0 unspecified atom stereocenters. The second kappa shape index (κ2) is 5.79. The number of rotatable bonds is 4. The van der Waals surface area contributed by atoms with Crippen LogP contribution in [-0.4, -0.2) is 21.6 Å². The number of ether oxygens (including phenoxy) is 1. The summed E-state index contributed by atoms with van der Waals surface area (Å²) in [5.41, 5.74) is 5.90. The van der Waals surface area contributed by atoms with E-state index in [1.54, 1.807) is 13.0 Å². The van der Waals surface area contributed by atoms with E-state index in [0.29, 0.717) is 12.3 Å². The van der Waals surface area contributed by atoms with Crippen molar-refractivity contribution in [3.8, 4) is 12.1 Å². The molecule has 0 fully saturated rings. The topological polar surface area (TPSA) is 110 Å². The van der Waals surface area contributed by atoms with Crippen LogP contribution in [0, 0.1) is 17.1 Å². The maximum absolute atomic E-state index is 13.2. The van der Waals surface area contributed by atoms with E-state index in [1.807, 2.05) is 0 Å². The predicted octanol–water partition coefficient (Wildman–Crippen LogP) is 1.61. The first-order valence-electron chi connectivity index (χ1n) is 5.73. The van der Waals surface area contributed by atoms with Gasteiger partial charge in [-0.3, -0.25) is 0 Å². The van der Waals surface area contributed by atoms with Crippen LogP contribution in [0.2, 0.25) is 0 Å². The first kappa shape index (κ1) is 13.5. The molecule has 0 aliphatic carbocycles. The molecule has 0 aliphatic rings. The summed E-state index contributed by atoms with van der Waals surface area (Å²) in [6.45, 7) is 2.17. The summed E-state index contributed by atoms with van der Waals surface area (Å²) in [5, 5.41) is 11.6. The lowest BCUT2D eigenvalue weighted by Gasteiger charge is -2.07. The lowest BCUT2D eigenvalue weighted by molar-refractivity contribution is 0.312. The predicted molar refractivity (Wildman–Crippen MR) is 69.8 cm³/mol. The van der Waals surface area contributed by atoms with Gasteiger partial charge in [0.1, 0.15) is 11.9 Å². The highest BCUT2D eigenvalue weighted by molar-refractivity contribution is 5.57. The minimum absolute atomic E-state index is 0.00596. The van der Waals surface area contributed by atoms with Crippen molar-refractivity contribution < 1.29 is 9.13 Å². The number of aromatic nitrogens is 3. The summed E-state index contributed by atoms with van der Waals surface area (Å²) < 4.78 is 18.3. The van der Waals surface area contributed by atoms with Crippen LogP contribution in [0.15, 0.2) is 18.2 Å². The Morgan fingerprint density at radius 2 is 2.20 bits per heavy atom. The lowest BCUT2D eigenvalue weighted by atomic mass is 10.2. The number of nitriles is 1. The van der Waals surface area contributed by atoms with Gasteiger partial charge in [0, 0.05) is 5.69 Å². The van der Waals surface area contributed by atoms with Gasteiger partial charge in [0.2, 0.25) is 11.9 Å². The number of hydrogen-bond acceptors (Lipinski definition) is 7. The monoisotopic (exact) mass is 274 g/mol. The molecule has 1 heterocycles. The first-order chi connectivity index (χ1) is 9.62. The van der Waals surface area contributed by atoms with E-state index in [4.69, 9.17) is 15.7 Å². The third kappa shape index (κ3) is 3.08. The van der Waals surface area contributed by atoms with Crippen LogP contribution in [0.25, 0.3) is 0 Å². The number of halogens is 1. The maximum Gasteiger partial charge on any atom is 0.323 e. The van der Waals surface area contributed by atoms with Crippen LogP contribution in [-0.2, 0) is 0 Å². The van der Waals surface area contributed by atoms with E-state index in [2.05, 4.69) is 20.3 Å². The molecule has 0 aliphatic heterocycles. The van der Waals surface area contributed by atoms with Gasteiger partial charge < -0.3 is 15.8 Å². The maximum atomic E-state index is 13.2. The molecule has 8 heteroatoms. The van der Waals surface area contributed by atoms with Gasteiger partial charge in [0.15, 0.2) is 0 Å². The van der Waals surface area contributed by atoms with Crippen LogP contribution in [0.1, 0.15) is 12.5 Å². The van der Waals surface area contributed by atoms with Gasteiger partial charge in [-0.15, -0.1) is 0 Å². The van der Waals surface area contributed by atoms with Gasteiger partial charge in [-0.25, -0.2) is 4.39 Å². The van der Waals surface area contributed by atoms with Crippen molar-refractivity contribution in [3.63, 3.8) is 0 Å². The molecular formula is C12H11FN6O. The van der Waals surface area contributed by atoms with E-state index in [-0.39, 0.29) is 23.5 Å². The Hall–Kier alpha value is -2.95. The second-order valence-corrected chi connectivity index (χ2v) is 3.66. The first-order valence-corrected chi connectivity index (χ1v) is 5.73. The van der Waals surface area contributed by atoms with Crippen molar-refractivity contribution in [2.75, 3.05) is 17.7 Å². The molecule has 0 atom stereocenters. The molecule has 20 heavy (non-hydrogen) atoms. The number of nitrogens with one attached hydrogen (secondary N) is 1. The molecule has 102 valence electrons. The zero-order chi connectivity index (χ0) is 14.5. The number of nitrogen functional groups attached to an aromatic ring is 1. The molecule has 2 aromatic rings. The molecule has 0 radical (unpaired) electrons. The van der Waals surface area contributed by atoms with Gasteiger partial charge in [-0.05, 0) is 25.1 Å². The normalized spacial score (nSPS) is 9.85. The summed E-state index contributed by atoms with van der Waals surface area (Å²) in [5.74, 6) is -0.451. The average Bonchev–Trinajstić information content (AvgIpc) is 2.40. The Morgan fingerprint density at radius 1 is 1.40 bits per heavy atom. The van der Waals surface area contributed by atoms with Gasteiger partial charge in [0.25, 0.3) is 0 Å². The van der Waals surface area contributed by atoms with Crippen molar-refractivity contribution in [1.29, 1.82) is 5.26 Å². The zero-order valence-corrected chi connectivity index (χ0v) is 10.6. The summed E-state index contributed by atoms with van der Waals surface area (Å²) in [7, 11) is 0. The number of benzene rings is 1. The largest absolute Gasteiger partial charge is 0.464 e. The van der Waals surface area contributed by atoms with Crippen molar-refractivity contribution in [3.05, 3.63) is 29.6 Å². The zero-order valence-electron chi connectivity index (χ0n) is 10.6. The summed E-state index contributed by atoms with van der Waals surface area (Å²) >= 11 is 0. The van der Waals surface area contributed by atoms with E-state index >= 15 is 0 Å². The van der Waals surface area contributed by atoms with Crippen LogP contribution >= 0.6 is 0 Å². The standard InChI is InChI=1S/C12H11FN6O/c1-2-20-12-18-10(15)17-11(19-12)16-8-3-4-9(13)7(5-8)6-14/h3-5H,2H2,1H3,(H3,15,16,17,18,19). The molecule has 7 nitrogen and oxygen atoms in total. The van der Waals surface area contributed by atoms with E-state index in [1.165, 1.54) is 18.2 Å². The SMILES string of the molecule is CCOc1nc(N)nc(Nc2ccc(F)c(C#N)c2)n1. The molecule has 2 rings (SSSR count). The fourth-order valence-electron chi connectivity index (χ4n) is 1.44. The van der Waals surface area contributed by atoms with E-state index in [0.717, 1.165) is 0 Å². The summed E-state index contributed by atoms with van der Waals surface area (Å²) in [4.78, 5) is 11.7. The summed E-state index contributed by atoms with van der Waals surface area (Å²) in [6.07, 6.45) is 0. The van der Waals surface area contributed by atoms with Crippen molar-refractivity contribution >= 4 is 17.6 Å². The third-order valence-electron chi connectivity index (χ3n) is 2.25. The smallest absolute Gasteiger partial charge is 0.323 e. The van der Waals surface area contributed by atoms with E-state index in [9.17, 15) is 4.39 Å². The Balaban J connectivity index is 2.28. The second-order valence-electron chi connectivity index (χ2n) is 3.66. The van der Waals surface area contributed by atoms with Crippen LogP contribution in [0.3, 0.4) is 0 Å². The number of hydrogen-bond donors (Lipinski definition) is 2. The lowest BCUT2D eigenvalue weighted by Crippen LogP contribution is -2.06. The van der Waals surface area contributed by atoms with E-state index < -0.39 is 5.82 Å². The van der Waals surface area contributed by atoms with Crippen LogP contribution in [0.5, 0.6) is 6.01 Å². The number of nitrogens with zero attached hydrogens (tertiary/aromatic N) is 4. The molecule has 0 saturated carbocycles. The highest BCUT2D eigenvalue weighted by Crippen LogP contribution is 2.18. The molecule has 0 spiro atoms. The average molecular weight is 274 g/mol. The Labute approximate surface area is 114 Å². The molecule has 3 N–H and O–H groups in total. The third-order valence-corrected chi connectivity index (χ3v) is 2.25. The molecule has 0 bridgehead atoms. The molecular weight excluding hydrogens is 263 g/mol.